The van der Waals surface area contributed by atoms with E-state index in [9.17, 15) is 10.2 Å². The van der Waals surface area contributed by atoms with Crippen molar-refractivity contribution in [3.63, 3.8) is 0 Å². The summed E-state index contributed by atoms with van der Waals surface area (Å²) < 4.78 is 2.06. The molecular formula is C20H15N3O2. The number of aromatic nitrogens is 2. The monoisotopic (exact) mass is 329 g/mol. The first-order valence-electron chi connectivity index (χ1n) is 8.08. The lowest BCUT2D eigenvalue weighted by Crippen LogP contribution is -2.24. The molecule has 5 heteroatoms. The highest BCUT2D eigenvalue weighted by molar-refractivity contribution is 5.87. The Hall–Kier alpha value is -3.47. The first kappa shape index (κ1) is 13.9. The van der Waals surface area contributed by atoms with Crippen molar-refractivity contribution in [1.29, 1.82) is 0 Å². The standard InChI is InChI=1S/C20H15N3O2/c24-17-11-5-7-13(18(17)25)20-21-14-8-2-1-6-12(14)19-22-15-9-3-4-10-16(15)23(19)20/h1-11,20-21,24-25H/t20-/m1/s1. The number of phenols is 2. The molecule has 1 aliphatic rings. The molecule has 0 saturated carbocycles. The number of rotatable bonds is 1. The molecule has 122 valence electrons. The first-order chi connectivity index (χ1) is 12.2. The van der Waals surface area contributed by atoms with Crippen LogP contribution in [0.3, 0.4) is 0 Å². The zero-order valence-electron chi connectivity index (χ0n) is 13.2. The minimum absolute atomic E-state index is 0.122. The molecule has 5 rings (SSSR count). The molecule has 5 nitrogen and oxygen atoms in total. The van der Waals surface area contributed by atoms with Gasteiger partial charge in [-0.05, 0) is 30.3 Å². The summed E-state index contributed by atoms with van der Waals surface area (Å²) in [5, 5.41) is 23.8. The van der Waals surface area contributed by atoms with E-state index < -0.39 is 0 Å². The molecule has 1 aliphatic heterocycles. The van der Waals surface area contributed by atoms with Gasteiger partial charge in [0.25, 0.3) is 0 Å². The number of nitrogens with zero attached hydrogens (tertiary/aromatic N) is 2. The number of phenolic OH excluding ortho intramolecular Hbond substituents is 2. The Balaban J connectivity index is 1.85. The van der Waals surface area contributed by atoms with Crippen LogP contribution in [-0.2, 0) is 0 Å². The fraction of sp³-hybridized carbons (Fsp3) is 0.0500. The van der Waals surface area contributed by atoms with Crippen molar-refractivity contribution in [3.8, 4) is 22.9 Å². The number of aromatic hydroxyl groups is 2. The molecule has 3 aromatic carbocycles. The highest BCUT2D eigenvalue weighted by Crippen LogP contribution is 2.43. The van der Waals surface area contributed by atoms with E-state index >= 15 is 0 Å². The fourth-order valence-corrected chi connectivity index (χ4v) is 3.50. The fourth-order valence-electron chi connectivity index (χ4n) is 3.50. The van der Waals surface area contributed by atoms with Crippen LogP contribution in [0.5, 0.6) is 11.5 Å². The second-order valence-corrected chi connectivity index (χ2v) is 6.10. The first-order valence-corrected chi connectivity index (χ1v) is 8.08. The van der Waals surface area contributed by atoms with Crippen molar-refractivity contribution >= 4 is 16.7 Å². The SMILES string of the molecule is Oc1cccc([C@@H]2Nc3ccccc3-c3nc4ccccc4n32)c1O. The van der Waals surface area contributed by atoms with Gasteiger partial charge in [0, 0.05) is 16.8 Å². The molecule has 1 aromatic heterocycles. The summed E-state index contributed by atoms with van der Waals surface area (Å²) in [6.45, 7) is 0. The smallest absolute Gasteiger partial charge is 0.164 e. The van der Waals surface area contributed by atoms with Gasteiger partial charge in [0.05, 0.1) is 11.0 Å². The number of anilines is 1. The normalized spacial score (nSPS) is 15.4. The van der Waals surface area contributed by atoms with E-state index in [1.807, 2.05) is 48.5 Å². The molecule has 0 unspecified atom stereocenters. The summed E-state index contributed by atoms with van der Waals surface area (Å²) in [4.78, 5) is 4.80. The molecule has 0 saturated heterocycles. The van der Waals surface area contributed by atoms with Gasteiger partial charge in [0.15, 0.2) is 11.5 Å². The van der Waals surface area contributed by atoms with Gasteiger partial charge in [-0.1, -0.05) is 36.4 Å². The van der Waals surface area contributed by atoms with E-state index in [0.29, 0.717) is 5.56 Å². The van der Waals surface area contributed by atoms with Crippen LogP contribution in [0.1, 0.15) is 11.7 Å². The summed E-state index contributed by atoms with van der Waals surface area (Å²) >= 11 is 0. The summed E-state index contributed by atoms with van der Waals surface area (Å²) in [6.07, 6.45) is -0.371. The van der Waals surface area contributed by atoms with Crippen molar-refractivity contribution < 1.29 is 10.2 Å². The van der Waals surface area contributed by atoms with Crippen LogP contribution >= 0.6 is 0 Å². The van der Waals surface area contributed by atoms with E-state index in [0.717, 1.165) is 28.1 Å². The van der Waals surface area contributed by atoms with Gasteiger partial charge >= 0.3 is 0 Å². The van der Waals surface area contributed by atoms with Crippen molar-refractivity contribution in [3.05, 3.63) is 72.3 Å². The molecule has 0 fully saturated rings. The van der Waals surface area contributed by atoms with Crippen LogP contribution in [0, 0.1) is 0 Å². The molecular weight excluding hydrogens is 314 g/mol. The quantitative estimate of drug-likeness (QED) is 0.460. The Morgan fingerprint density at radius 2 is 1.68 bits per heavy atom. The Bertz CT molecular complexity index is 1120. The molecule has 3 N–H and O–H groups in total. The Morgan fingerprint density at radius 1 is 0.880 bits per heavy atom. The van der Waals surface area contributed by atoms with Crippen LogP contribution < -0.4 is 5.32 Å². The van der Waals surface area contributed by atoms with E-state index in [4.69, 9.17) is 4.98 Å². The van der Waals surface area contributed by atoms with Gasteiger partial charge in [-0.15, -0.1) is 0 Å². The van der Waals surface area contributed by atoms with Gasteiger partial charge in [0.1, 0.15) is 12.0 Å². The van der Waals surface area contributed by atoms with Crippen LogP contribution in [-0.4, -0.2) is 19.8 Å². The van der Waals surface area contributed by atoms with Crippen molar-refractivity contribution in [2.75, 3.05) is 5.32 Å². The van der Waals surface area contributed by atoms with E-state index in [1.54, 1.807) is 12.1 Å². The molecule has 1 atom stereocenters. The zero-order chi connectivity index (χ0) is 17.0. The average Bonchev–Trinajstić information content (AvgIpc) is 3.03. The molecule has 0 spiro atoms. The number of imidazole rings is 1. The molecule has 25 heavy (non-hydrogen) atoms. The minimum Gasteiger partial charge on any atom is -0.504 e. The number of benzene rings is 3. The number of para-hydroxylation sites is 4. The van der Waals surface area contributed by atoms with E-state index in [-0.39, 0.29) is 17.7 Å². The molecule has 0 amide bonds. The number of hydrogen-bond donors (Lipinski definition) is 3. The summed E-state index contributed by atoms with van der Waals surface area (Å²) in [5.74, 6) is 0.579. The predicted octanol–water partition coefficient (Wildman–Crippen LogP) is 4.09. The summed E-state index contributed by atoms with van der Waals surface area (Å²) in [7, 11) is 0. The molecule has 0 aliphatic carbocycles. The second-order valence-electron chi connectivity index (χ2n) is 6.10. The van der Waals surface area contributed by atoms with Crippen LogP contribution in [0.25, 0.3) is 22.4 Å². The van der Waals surface area contributed by atoms with Crippen LogP contribution in [0.15, 0.2) is 66.7 Å². The summed E-state index contributed by atoms with van der Waals surface area (Å²) in [6, 6.07) is 20.9. The highest BCUT2D eigenvalue weighted by atomic mass is 16.3. The molecule has 0 radical (unpaired) electrons. The van der Waals surface area contributed by atoms with Crippen LogP contribution in [0.2, 0.25) is 0 Å². The minimum atomic E-state index is -0.371. The maximum atomic E-state index is 10.4. The lowest BCUT2D eigenvalue weighted by molar-refractivity contribution is 0.395. The largest absolute Gasteiger partial charge is 0.504 e. The highest BCUT2D eigenvalue weighted by Gasteiger charge is 2.30. The maximum absolute atomic E-state index is 10.4. The maximum Gasteiger partial charge on any atom is 0.164 e. The lowest BCUT2D eigenvalue weighted by Gasteiger charge is -2.30. The second kappa shape index (κ2) is 5.01. The Morgan fingerprint density at radius 3 is 2.60 bits per heavy atom. The van der Waals surface area contributed by atoms with Gasteiger partial charge in [-0.25, -0.2) is 4.98 Å². The van der Waals surface area contributed by atoms with Gasteiger partial charge in [-0.3, -0.25) is 4.57 Å². The molecule has 0 bridgehead atoms. The number of hydrogen-bond acceptors (Lipinski definition) is 4. The van der Waals surface area contributed by atoms with Crippen molar-refractivity contribution in [2.24, 2.45) is 0 Å². The van der Waals surface area contributed by atoms with Gasteiger partial charge in [-0.2, -0.15) is 0 Å². The van der Waals surface area contributed by atoms with Crippen molar-refractivity contribution in [1.82, 2.24) is 9.55 Å². The third kappa shape index (κ3) is 1.92. The van der Waals surface area contributed by atoms with Gasteiger partial charge < -0.3 is 15.5 Å². The third-order valence-electron chi connectivity index (χ3n) is 4.65. The topological polar surface area (TPSA) is 70.3 Å². The summed E-state index contributed by atoms with van der Waals surface area (Å²) in [5.41, 5.74) is 4.40. The van der Waals surface area contributed by atoms with E-state index in [2.05, 4.69) is 9.88 Å². The zero-order valence-corrected chi connectivity index (χ0v) is 13.2. The number of fused-ring (bicyclic) bond motifs is 5. The van der Waals surface area contributed by atoms with Gasteiger partial charge in [0.2, 0.25) is 0 Å². The average molecular weight is 329 g/mol. The Labute approximate surface area is 143 Å². The number of nitrogens with one attached hydrogen (secondary N) is 1. The predicted molar refractivity (Wildman–Crippen MR) is 96.7 cm³/mol. The van der Waals surface area contributed by atoms with E-state index in [1.165, 1.54) is 6.07 Å². The lowest BCUT2D eigenvalue weighted by atomic mass is 10.0. The van der Waals surface area contributed by atoms with Crippen LogP contribution in [0.4, 0.5) is 5.69 Å². The third-order valence-corrected chi connectivity index (χ3v) is 4.65. The Kier molecular flexibility index (Phi) is 2.79. The molecule has 2 heterocycles. The van der Waals surface area contributed by atoms with Crippen molar-refractivity contribution in [2.45, 2.75) is 6.17 Å². The molecule has 4 aromatic rings.